The summed E-state index contributed by atoms with van der Waals surface area (Å²) in [4.78, 5) is 6.58. The van der Waals surface area contributed by atoms with Crippen molar-refractivity contribution in [1.29, 1.82) is 0 Å². The minimum Gasteiger partial charge on any atom is -0.366 e. The Morgan fingerprint density at radius 1 is 1.12 bits per heavy atom. The van der Waals surface area contributed by atoms with Crippen LogP contribution in [0.15, 0.2) is 24.4 Å². The molecule has 0 aliphatic carbocycles. The van der Waals surface area contributed by atoms with Crippen molar-refractivity contribution < 1.29 is 8.42 Å². The number of sulfonamides is 1. The summed E-state index contributed by atoms with van der Waals surface area (Å²) in [6.45, 7) is 8.08. The molecule has 0 spiro atoms. The number of rotatable bonds is 4. The SMILES string of the molecule is CCS(=O)(=O)N1CCN(c2c(C)nn(-c3ccccn3)c2C)CC1. The van der Waals surface area contributed by atoms with E-state index in [1.54, 1.807) is 17.4 Å². The second kappa shape index (κ2) is 6.52. The largest absolute Gasteiger partial charge is 0.366 e. The van der Waals surface area contributed by atoms with Gasteiger partial charge in [0.15, 0.2) is 5.82 Å². The topological polar surface area (TPSA) is 71.3 Å². The van der Waals surface area contributed by atoms with Gasteiger partial charge in [-0.3, -0.25) is 0 Å². The Bertz CT molecular complexity index is 808. The molecule has 1 saturated heterocycles. The smallest absolute Gasteiger partial charge is 0.213 e. The summed E-state index contributed by atoms with van der Waals surface area (Å²) in [5.74, 6) is 0.944. The van der Waals surface area contributed by atoms with Gasteiger partial charge in [0, 0.05) is 32.4 Å². The fraction of sp³-hybridized carbons (Fsp3) is 0.500. The highest BCUT2D eigenvalue weighted by molar-refractivity contribution is 7.89. The molecule has 1 aliphatic rings. The van der Waals surface area contributed by atoms with Gasteiger partial charge in [-0.2, -0.15) is 9.40 Å². The lowest BCUT2D eigenvalue weighted by atomic mass is 10.2. The standard InChI is InChI=1S/C16H23N5O2S/c1-4-24(22,23)20-11-9-19(10-12-20)16-13(2)18-21(14(16)3)15-7-5-6-8-17-15/h5-8H,4,9-12H2,1-3H3. The normalized spacial score (nSPS) is 16.5. The Kier molecular flexibility index (Phi) is 4.60. The Hall–Kier alpha value is -1.93. The van der Waals surface area contributed by atoms with E-state index in [0.29, 0.717) is 26.2 Å². The van der Waals surface area contributed by atoms with Crippen LogP contribution in [0.4, 0.5) is 5.69 Å². The van der Waals surface area contributed by atoms with Crippen molar-refractivity contribution in [3.63, 3.8) is 0 Å². The first-order chi connectivity index (χ1) is 11.4. The highest BCUT2D eigenvalue weighted by Gasteiger charge is 2.28. The lowest BCUT2D eigenvalue weighted by molar-refractivity contribution is 0.385. The van der Waals surface area contributed by atoms with Crippen molar-refractivity contribution in [2.24, 2.45) is 0 Å². The summed E-state index contributed by atoms with van der Waals surface area (Å²) in [7, 11) is -3.11. The van der Waals surface area contributed by atoms with Crippen LogP contribution >= 0.6 is 0 Å². The van der Waals surface area contributed by atoms with Gasteiger partial charge < -0.3 is 4.90 Å². The van der Waals surface area contributed by atoms with Gasteiger partial charge in [-0.15, -0.1) is 0 Å². The van der Waals surface area contributed by atoms with E-state index in [1.807, 2.05) is 36.7 Å². The van der Waals surface area contributed by atoms with Crippen LogP contribution in [-0.4, -0.2) is 59.4 Å². The number of hydrogen-bond donors (Lipinski definition) is 0. The number of piperazine rings is 1. The molecule has 0 unspecified atom stereocenters. The van der Waals surface area contributed by atoms with Gasteiger partial charge in [0.25, 0.3) is 0 Å². The molecule has 1 fully saturated rings. The van der Waals surface area contributed by atoms with Crippen LogP contribution < -0.4 is 4.90 Å². The number of pyridine rings is 1. The third-order valence-corrected chi connectivity index (χ3v) is 6.31. The molecule has 1 aliphatic heterocycles. The van der Waals surface area contributed by atoms with Crippen LogP contribution in [-0.2, 0) is 10.0 Å². The third-order valence-electron chi connectivity index (χ3n) is 4.43. The zero-order valence-electron chi connectivity index (χ0n) is 14.3. The lowest BCUT2D eigenvalue weighted by Gasteiger charge is -2.35. The number of nitrogens with zero attached hydrogens (tertiary/aromatic N) is 5. The van der Waals surface area contributed by atoms with Crippen molar-refractivity contribution in [3.05, 3.63) is 35.8 Å². The monoisotopic (exact) mass is 349 g/mol. The van der Waals surface area contributed by atoms with Crippen molar-refractivity contribution >= 4 is 15.7 Å². The molecule has 0 N–H and O–H groups in total. The molecule has 2 aromatic heterocycles. The zero-order valence-corrected chi connectivity index (χ0v) is 15.1. The van der Waals surface area contributed by atoms with Crippen LogP contribution in [0.2, 0.25) is 0 Å². The maximum Gasteiger partial charge on any atom is 0.213 e. The van der Waals surface area contributed by atoms with Crippen LogP contribution in [0.25, 0.3) is 5.82 Å². The van der Waals surface area contributed by atoms with Crippen molar-refractivity contribution in [2.75, 3.05) is 36.8 Å². The summed E-state index contributed by atoms with van der Waals surface area (Å²) in [6, 6.07) is 5.74. The van der Waals surface area contributed by atoms with E-state index in [-0.39, 0.29) is 5.75 Å². The minimum atomic E-state index is -3.11. The Morgan fingerprint density at radius 3 is 2.42 bits per heavy atom. The van der Waals surface area contributed by atoms with E-state index in [0.717, 1.165) is 22.9 Å². The van der Waals surface area contributed by atoms with Gasteiger partial charge in [-0.1, -0.05) is 6.07 Å². The van der Waals surface area contributed by atoms with Crippen molar-refractivity contribution in [2.45, 2.75) is 20.8 Å². The van der Waals surface area contributed by atoms with Crippen LogP contribution in [0.1, 0.15) is 18.3 Å². The molecular formula is C16H23N5O2S. The summed E-state index contributed by atoms with van der Waals surface area (Å²) in [5.41, 5.74) is 3.04. The number of aromatic nitrogens is 3. The molecular weight excluding hydrogens is 326 g/mol. The quantitative estimate of drug-likeness (QED) is 0.833. The molecule has 7 nitrogen and oxygen atoms in total. The number of anilines is 1. The van der Waals surface area contributed by atoms with Crippen molar-refractivity contribution in [1.82, 2.24) is 19.1 Å². The van der Waals surface area contributed by atoms with E-state index in [1.165, 1.54) is 0 Å². The minimum absolute atomic E-state index is 0.155. The first kappa shape index (κ1) is 16.9. The summed E-state index contributed by atoms with van der Waals surface area (Å²) in [5, 5.41) is 4.62. The van der Waals surface area contributed by atoms with Crippen molar-refractivity contribution in [3.8, 4) is 5.82 Å². The molecule has 24 heavy (non-hydrogen) atoms. The van der Waals surface area contributed by atoms with E-state index in [9.17, 15) is 8.42 Å². The summed E-state index contributed by atoms with van der Waals surface area (Å²) < 4.78 is 27.4. The van der Waals surface area contributed by atoms with Gasteiger partial charge in [-0.05, 0) is 32.9 Å². The van der Waals surface area contributed by atoms with E-state index < -0.39 is 10.0 Å². The summed E-state index contributed by atoms with van der Waals surface area (Å²) in [6.07, 6.45) is 1.75. The molecule has 0 atom stereocenters. The highest BCUT2D eigenvalue weighted by atomic mass is 32.2. The van der Waals surface area contributed by atoms with Crippen LogP contribution in [0, 0.1) is 13.8 Å². The fourth-order valence-electron chi connectivity index (χ4n) is 3.17. The highest BCUT2D eigenvalue weighted by Crippen LogP contribution is 2.27. The second-order valence-electron chi connectivity index (χ2n) is 5.91. The Labute approximate surface area is 143 Å². The Balaban J connectivity index is 1.83. The molecule has 0 aromatic carbocycles. The Morgan fingerprint density at radius 2 is 1.83 bits per heavy atom. The lowest BCUT2D eigenvalue weighted by Crippen LogP contribution is -2.49. The van der Waals surface area contributed by atoms with E-state index in [4.69, 9.17) is 0 Å². The summed E-state index contributed by atoms with van der Waals surface area (Å²) >= 11 is 0. The van der Waals surface area contributed by atoms with Gasteiger partial charge in [0.1, 0.15) is 0 Å². The molecule has 2 aromatic rings. The maximum absolute atomic E-state index is 12.0. The predicted octanol–water partition coefficient (Wildman–Crippen LogP) is 1.36. The molecule has 3 rings (SSSR count). The molecule has 0 amide bonds. The maximum atomic E-state index is 12.0. The number of aryl methyl sites for hydroxylation is 1. The van der Waals surface area contributed by atoms with E-state index >= 15 is 0 Å². The molecule has 3 heterocycles. The van der Waals surface area contributed by atoms with Gasteiger partial charge in [0.2, 0.25) is 10.0 Å². The van der Waals surface area contributed by atoms with Gasteiger partial charge >= 0.3 is 0 Å². The third kappa shape index (κ3) is 3.03. The second-order valence-corrected chi connectivity index (χ2v) is 8.16. The van der Waals surface area contributed by atoms with E-state index in [2.05, 4.69) is 15.0 Å². The number of hydrogen-bond acceptors (Lipinski definition) is 5. The first-order valence-electron chi connectivity index (χ1n) is 8.14. The molecule has 8 heteroatoms. The van der Waals surface area contributed by atoms with Gasteiger partial charge in [0.05, 0.1) is 22.8 Å². The zero-order chi connectivity index (χ0) is 17.3. The molecule has 0 saturated carbocycles. The fourth-order valence-corrected chi connectivity index (χ4v) is 4.25. The first-order valence-corrected chi connectivity index (χ1v) is 9.75. The average molecular weight is 349 g/mol. The molecule has 0 bridgehead atoms. The van der Waals surface area contributed by atoms with Crippen LogP contribution in [0.3, 0.4) is 0 Å². The van der Waals surface area contributed by atoms with Gasteiger partial charge in [-0.25, -0.2) is 18.1 Å². The van der Waals surface area contributed by atoms with Crippen LogP contribution in [0.5, 0.6) is 0 Å². The molecule has 130 valence electrons. The molecule has 0 radical (unpaired) electrons. The predicted molar refractivity (Wildman–Crippen MR) is 94.1 cm³/mol. The average Bonchev–Trinajstić information content (AvgIpc) is 2.90.